The molecule has 0 radical (unpaired) electrons. The van der Waals surface area contributed by atoms with E-state index in [1.54, 1.807) is 11.3 Å². The Kier molecular flexibility index (Phi) is 4.72. The number of aromatic nitrogens is 3. The molecule has 22 heavy (non-hydrogen) atoms. The predicted molar refractivity (Wildman–Crippen MR) is 88.9 cm³/mol. The first-order valence-electron chi connectivity index (χ1n) is 7.59. The van der Waals surface area contributed by atoms with E-state index < -0.39 is 0 Å². The fourth-order valence-electron chi connectivity index (χ4n) is 2.92. The predicted octanol–water partition coefficient (Wildman–Crippen LogP) is 2.00. The van der Waals surface area contributed by atoms with E-state index in [9.17, 15) is 0 Å². The Morgan fingerprint density at radius 2 is 2.41 bits per heavy atom. The second-order valence-corrected chi connectivity index (χ2v) is 6.59. The van der Waals surface area contributed by atoms with Gasteiger partial charge in [0.05, 0.1) is 18.9 Å². The van der Waals surface area contributed by atoms with E-state index in [2.05, 4.69) is 42.9 Å². The highest BCUT2D eigenvalue weighted by Gasteiger charge is 2.28. The first-order valence-corrected chi connectivity index (χ1v) is 8.47. The van der Waals surface area contributed by atoms with Gasteiger partial charge < -0.3 is 14.8 Å². The number of piperidine rings is 1. The summed E-state index contributed by atoms with van der Waals surface area (Å²) in [5.74, 6) is 1.59. The largest absolute Gasteiger partial charge is 0.350 e. The van der Waals surface area contributed by atoms with Crippen molar-refractivity contribution in [1.82, 2.24) is 24.8 Å². The summed E-state index contributed by atoms with van der Waals surface area (Å²) in [5.41, 5.74) is 0. The molecule has 0 aromatic carbocycles. The van der Waals surface area contributed by atoms with Crippen LogP contribution in [0.2, 0.25) is 0 Å². The third-order valence-corrected chi connectivity index (χ3v) is 5.00. The SMILES string of the molecule is CN=C(NCc1nccs1)N1CCC(C)C(n2ccnc2)C1. The van der Waals surface area contributed by atoms with Gasteiger partial charge in [-0.1, -0.05) is 6.92 Å². The summed E-state index contributed by atoms with van der Waals surface area (Å²) in [4.78, 5) is 15.3. The number of hydrogen-bond donors (Lipinski definition) is 1. The Bertz CT molecular complexity index is 592. The third-order valence-electron chi connectivity index (χ3n) is 4.22. The maximum Gasteiger partial charge on any atom is 0.194 e. The summed E-state index contributed by atoms with van der Waals surface area (Å²) in [6, 6.07) is 0.440. The minimum Gasteiger partial charge on any atom is -0.350 e. The third kappa shape index (κ3) is 3.30. The van der Waals surface area contributed by atoms with E-state index in [1.807, 2.05) is 31.1 Å². The lowest BCUT2D eigenvalue weighted by Crippen LogP contribution is -2.48. The normalized spacial score (nSPS) is 22.8. The highest BCUT2D eigenvalue weighted by Crippen LogP contribution is 2.27. The molecular formula is C15H22N6S. The molecule has 7 heteroatoms. The van der Waals surface area contributed by atoms with Crippen LogP contribution in [0.25, 0.3) is 0 Å². The van der Waals surface area contributed by atoms with Crippen molar-refractivity contribution in [3.63, 3.8) is 0 Å². The van der Waals surface area contributed by atoms with Crippen LogP contribution < -0.4 is 5.32 Å². The molecule has 1 saturated heterocycles. The average Bonchev–Trinajstić information content (AvgIpc) is 3.22. The number of aliphatic imine (C=N–C) groups is 1. The van der Waals surface area contributed by atoms with E-state index in [-0.39, 0.29) is 0 Å². The Hall–Kier alpha value is -1.89. The molecule has 1 N–H and O–H groups in total. The number of thiazole rings is 1. The lowest BCUT2D eigenvalue weighted by atomic mass is 9.93. The van der Waals surface area contributed by atoms with Crippen molar-refractivity contribution in [2.75, 3.05) is 20.1 Å². The van der Waals surface area contributed by atoms with Gasteiger partial charge in [-0.15, -0.1) is 11.3 Å². The minimum atomic E-state index is 0.440. The van der Waals surface area contributed by atoms with Crippen LogP contribution in [0.15, 0.2) is 35.3 Å². The van der Waals surface area contributed by atoms with Crippen molar-refractivity contribution >= 4 is 17.3 Å². The maximum atomic E-state index is 4.44. The van der Waals surface area contributed by atoms with Gasteiger partial charge in [0.2, 0.25) is 0 Å². The molecule has 1 fully saturated rings. The lowest BCUT2D eigenvalue weighted by molar-refractivity contribution is 0.189. The zero-order chi connectivity index (χ0) is 15.4. The molecule has 2 aromatic heterocycles. The number of hydrogen-bond acceptors (Lipinski definition) is 4. The van der Waals surface area contributed by atoms with Gasteiger partial charge in [-0.05, 0) is 12.3 Å². The molecule has 2 atom stereocenters. The van der Waals surface area contributed by atoms with Gasteiger partial charge in [-0.25, -0.2) is 9.97 Å². The van der Waals surface area contributed by atoms with Crippen LogP contribution >= 0.6 is 11.3 Å². The molecule has 6 nitrogen and oxygen atoms in total. The van der Waals surface area contributed by atoms with Gasteiger partial charge in [0.15, 0.2) is 5.96 Å². The smallest absolute Gasteiger partial charge is 0.194 e. The fraction of sp³-hybridized carbons (Fsp3) is 0.533. The van der Waals surface area contributed by atoms with Crippen LogP contribution in [0.3, 0.4) is 0 Å². The van der Waals surface area contributed by atoms with Crippen molar-refractivity contribution in [3.05, 3.63) is 35.3 Å². The van der Waals surface area contributed by atoms with Crippen LogP contribution in [0.5, 0.6) is 0 Å². The van der Waals surface area contributed by atoms with Gasteiger partial charge in [-0.2, -0.15) is 0 Å². The Morgan fingerprint density at radius 3 is 3.09 bits per heavy atom. The molecule has 2 unspecified atom stereocenters. The van der Waals surface area contributed by atoms with Crippen LogP contribution in [0.1, 0.15) is 24.4 Å². The van der Waals surface area contributed by atoms with Crippen LogP contribution in [-0.4, -0.2) is 45.5 Å². The number of guanidine groups is 1. The molecule has 0 aliphatic carbocycles. The Morgan fingerprint density at radius 1 is 1.50 bits per heavy atom. The Labute approximate surface area is 134 Å². The summed E-state index contributed by atoms with van der Waals surface area (Å²) in [6.07, 6.45) is 8.80. The molecule has 1 aliphatic rings. The molecule has 0 spiro atoms. The second kappa shape index (κ2) is 6.91. The molecule has 2 aromatic rings. The first-order chi connectivity index (χ1) is 10.8. The number of imidazole rings is 1. The number of rotatable bonds is 3. The molecule has 1 aliphatic heterocycles. The molecule has 118 valence electrons. The maximum absolute atomic E-state index is 4.44. The van der Waals surface area contributed by atoms with Crippen molar-refractivity contribution in [3.8, 4) is 0 Å². The van der Waals surface area contributed by atoms with E-state index in [1.165, 1.54) is 0 Å². The monoisotopic (exact) mass is 318 g/mol. The summed E-state index contributed by atoms with van der Waals surface area (Å²) < 4.78 is 2.21. The zero-order valence-electron chi connectivity index (χ0n) is 13.0. The van der Waals surface area contributed by atoms with Gasteiger partial charge in [0, 0.05) is 44.1 Å². The van der Waals surface area contributed by atoms with Crippen molar-refractivity contribution in [2.24, 2.45) is 10.9 Å². The van der Waals surface area contributed by atoms with Gasteiger partial charge >= 0.3 is 0 Å². The standard InChI is InChI=1S/C15H22N6S/c1-12-3-6-20(10-13(12)21-7-4-17-11-21)15(16-2)19-9-14-18-5-8-22-14/h4-5,7-8,11-13H,3,6,9-10H2,1-2H3,(H,16,19). The number of nitrogens with zero attached hydrogens (tertiary/aromatic N) is 5. The van der Waals surface area contributed by atoms with Crippen molar-refractivity contribution < 1.29 is 0 Å². The first kappa shape index (κ1) is 15.0. The number of nitrogens with one attached hydrogen (secondary N) is 1. The van der Waals surface area contributed by atoms with Crippen LogP contribution in [0.4, 0.5) is 0 Å². The topological polar surface area (TPSA) is 58.3 Å². The summed E-state index contributed by atoms with van der Waals surface area (Å²) in [7, 11) is 1.84. The van der Waals surface area contributed by atoms with E-state index in [4.69, 9.17) is 0 Å². The molecule has 0 saturated carbocycles. The zero-order valence-corrected chi connectivity index (χ0v) is 13.8. The van der Waals surface area contributed by atoms with Gasteiger partial charge in [0.1, 0.15) is 5.01 Å². The lowest BCUT2D eigenvalue weighted by Gasteiger charge is -2.39. The summed E-state index contributed by atoms with van der Waals surface area (Å²) in [5, 5.41) is 6.50. The molecule has 0 bridgehead atoms. The fourth-order valence-corrected chi connectivity index (χ4v) is 3.48. The van der Waals surface area contributed by atoms with E-state index in [0.717, 1.165) is 37.0 Å². The molecule has 3 heterocycles. The van der Waals surface area contributed by atoms with Gasteiger partial charge in [0.25, 0.3) is 0 Å². The quantitative estimate of drug-likeness (QED) is 0.695. The summed E-state index contributed by atoms with van der Waals surface area (Å²) >= 11 is 1.66. The van der Waals surface area contributed by atoms with E-state index in [0.29, 0.717) is 12.0 Å². The van der Waals surface area contributed by atoms with Crippen LogP contribution in [-0.2, 0) is 6.54 Å². The number of likely N-dealkylation sites (tertiary alicyclic amines) is 1. The molecule has 0 amide bonds. The highest BCUT2D eigenvalue weighted by molar-refractivity contribution is 7.09. The van der Waals surface area contributed by atoms with Crippen LogP contribution in [0, 0.1) is 5.92 Å². The van der Waals surface area contributed by atoms with Crippen molar-refractivity contribution in [2.45, 2.75) is 25.9 Å². The summed E-state index contributed by atoms with van der Waals surface area (Å²) in [6.45, 7) is 5.03. The Balaban J connectivity index is 1.65. The molecule has 3 rings (SSSR count). The van der Waals surface area contributed by atoms with Crippen molar-refractivity contribution in [1.29, 1.82) is 0 Å². The molecular weight excluding hydrogens is 296 g/mol. The second-order valence-electron chi connectivity index (χ2n) is 5.62. The van der Waals surface area contributed by atoms with E-state index >= 15 is 0 Å². The van der Waals surface area contributed by atoms with Gasteiger partial charge in [-0.3, -0.25) is 4.99 Å². The minimum absolute atomic E-state index is 0.440. The highest BCUT2D eigenvalue weighted by atomic mass is 32.1. The average molecular weight is 318 g/mol.